The molecule has 0 radical (unpaired) electrons. The van der Waals surface area contributed by atoms with Gasteiger partial charge in [0.25, 0.3) is 0 Å². The zero-order valence-corrected chi connectivity index (χ0v) is 17.6. The van der Waals surface area contributed by atoms with Crippen molar-refractivity contribution in [3.8, 4) is 0 Å². The summed E-state index contributed by atoms with van der Waals surface area (Å²) >= 11 is 0. The molecule has 0 aliphatic heterocycles. The van der Waals surface area contributed by atoms with Gasteiger partial charge in [0.15, 0.2) is 0 Å². The molecule has 0 aromatic rings. The number of aliphatic carboxylic acids is 1. The molecule has 0 spiro atoms. The number of nitrogens with one attached hydrogen (secondary N) is 2. The van der Waals surface area contributed by atoms with E-state index in [-0.39, 0.29) is 18.2 Å². The quantitative estimate of drug-likeness (QED) is 0.399. The Kier molecular flexibility index (Phi) is 9.09. The van der Waals surface area contributed by atoms with Crippen LogP contribution in [-0.2, 0) is 14.3 Å². The molecule has 0 saturated heterocycles. The first-order chi connectivity index (χ1) is 12.1. The molecular weight excluding hydrogens is 376 g/mol. The topological polar surface area (TPSA) is 105 Å². The van der Waals surface area contributed by atoms with E-state index >= 15 is 0 Å². The first-order valence-corrected chi connectivity index (χ1v) is 11.3. The Labute approximate surface area is 163 Å². The second-order valence-corrected chi connectivity index (χ2v) is 10.1. The highest BCUT2D eigenvalue weighted by molar-refractivity contribution is 8.76. The number of carbonyl (C=O) groups is 3. The highest BCUT2D eigenvalue weighted by Gasteiger charge is 2.48. The Morgan fingerprint density at radius 3 is 2.42 bits per heavy atom. The van der Waals surface area contributed by atoms with Gasteiger partial charge in [0.05, 0.1) is 6.42 Å². The monoisotopic (exact) mass is 406 g/mol. The second-order valence-electron chi connectivity index (χ2n) is 7.44. The third-order valence-corrected chi connectivity index (χ3v) is 6.54. The highest BCUT2D eigenvalue weighted by atomic mass is 33.1. The first-order valence-electron chi connectivity index (χ1n) is 8.82. The third kappa shape index (κ3) is 7.65. The SMILES string of the molecule is CC1CCCC1(NC(=O)OC(C)(C)C)C(=O)NCCSSCCC(=O)O. The predicted octanol–water partition coefficient (Wildman–Crippen LogP) is 3.04. The number of hydrogen-bond donors (Lipinski definition) is 3. The van der Waals surface area contributed by atoms with Gasteiger partial charge in [-0.05, 0) is 39.5 Å². The minimum absolute atomic E-state index is 0.0348. The molecule has 1 aliphatic rings. The predicted molar refractivity (Wildman–Crippen MR) is 105 cm³/mol. The number of hydrogen-bond acceptors (Lipinski definition) is 6. The van der Waals surface area contributed by atoms with Crippen molar-refractivity contribution in [2.45, 2.75) is 64.5 Å². The maximum atomic E-state index is 12.8. The Morgan fingerprint density at radius 1 is 1.23 bits per heavy atom. The molecule has 0 aromatic heterocycles. The number of carbonyl (C=O) groups excluding carboxylic acids is 2. The fourth-order valence-electron chi connectivity index (χ4n) is 2.86. The molecule has 0 aromatic carbocycles. The summed E-state index contributed by atoms with van der Waals surface area (Å²) in [7, 11) is 3.00. The summed E-state index contributed by atoms with van der Waals surface area (Å²) in [4.78, 5) is 35.4. The number of rotatable bonds is 9. The molecule has 150 valence electrons. The van der Waals surface area contributed by atoms with Crippen LogP contribution in [0.25, 0.3) is 0 Å². The van der Waals surface area contributed by atoms with Gasteiger partial charge in [-0.15, -0.1) is 0 Å². The van der Waals surface area contributed by atoms with Crippen molar-refractivity contribution in [2.24, 2.45) is 5.92 Å². The lowest BCUT2D eigenvalue weighted by Gasteiger charge is -2.34. The van der Waals surface area contributed by atoms with Gasteiger partial charge in [-0.2, -0.15) is 0 Å². The Morgan fingerprint density at radius 2 is 1.88 bits per heavy atom. The Hall–Kier alpha value is -1.09. The normalized spacial score (nSPS) is 22.7. The maximum absolute atomic E-state index is 12.8. The number of carboxylic acids is 1. The number of alkyl carbamates (subject to hydrolysis) is 1. The lowest BCUT2D eigenvalue weighted by atomic mass is 9.87. The zero-order chi connectivity index (χ0) is 19.8. The summed E-state index contributed by atoms with van der Waals surface area (Å²) in [5, 5.41) is 14.3. The minimum Gasteiger partial charge on any atom is -0.481 e. The lowest BCUT2D eigenvalue weighted by molar-refractivity contribution is -0.136. The highest BCUT2D eigenvalue weighted by Crippen LogP contribution is 2.36. The molecular formula is C17H30N2O5S2. The summed E-state index contributed by atoms with van der Waals surface area (Å²) in [5.41, 5.74) is -1.54. The van der Waals surface area contributed by atoms with Crippen molar-refractivity contribution in [1.29, 1.82) is 0 Å². The van der Waals surface area contributed by atoms with Gasteiger partial charge in [-0.3, -0.25) is 9.59 Å². The maximum Gasteiger partial charge on any atom is 0.408 e. The fraction of sp³-hybridized carbons (Fsp3) is 0.824. The van der Waals surface area contributed by atoms with Crippen molar-refractivity contribution in [1.82, 2.24) is 10.6 Å². The van der Waals surface area contributed by atoms with Crippen LogP contribution in [0.4, 0.5) is 4.79 Å². The Bertz CT molecular complexity index is 510. The summed E-state index contributed by atoms with van der Waals surface area (Å²) in [6.45, 7) is 7.80. The standard InChI is InChI=1S/C17H30N2O5S2/c1-12-6-5-8-17(12,19-15(23)24-16(2,3)4)14(22)18-9-11-26-25-10-7-13(20)21/h12H,5-11H2,1-4H3,(H,18,22)(H,19,23)(H,20,21). The van der Waals surface area contributed by atoms with E-state index in [2.05, 4.69) is 10.6 Å². The molecule has 1 aliphatic carbocycles. The van der Waals surface area contributed by atoms with E-state index in [1.54, 1.807) is 20.8 Å². The van der Waals surface area contributed by atoms with Crippen molar-refractivity contribution in [2.75, 3.05) is 18.1 Å². The van der Waals surface area contributed by atoms with Gasteiger partial charge in [-0.1, -0.05) is 34.9 Å². The van der Waals surface area contributed by atoms with E-state index in [9.17, 15) is 14.4 Å². The first kappa shape index (κ1) is 23.0. The van der Waals surface area contributed by atoms with Gasteiger partial charge >= 0.3 is 12.1 Å². The van der Waals surface area contributed by atoms with E-state index in [1.807, 2.05) is 6.92 Å². The summed E-state index contributed by atoms with van der Waals surface area (Å²) in [6, 6.07) is 0. The van der Waals surface area contributed by atoms with Crippen LogP contribution in [0, 0.1) is 5.92 Å². The van der Waals surface area contributed by atoms with Crippen molar-refractivity contribution < 1.29 is 24.2 Å². The van der Waals surface area contributed by atoms with Crippen LogP contribution in [0.2, 0.25) is 0 Å². The molecule has 1 fully saturated rings. The average molecular weight is 407 g/mol. The van der Waals surface area contributed by atoms with Gasteiger partial charge in [0.1, 0.15) is 11.1 Å². The van der Waals surface area contributed by atoms with Crippen molar-refractivity contribution in [3.63, 3.8) is 0 Å². The summed E-state index contributed by atoms with van der Waals surface area (Å²) in [6.07, 6.45) is 1.91. The Balaban J connectivity index is 2.49. The molecule has 3 N–H and O–H groups in total. The van der Waals surface area contributed by atoms with Crippen LogP contribution in [0.1, 0.15) is 53.4 Å². The van der Waals surface area contributed by atoms with E-state index < -0.39 is 23.2 Å². The molecule has 9 heteroatoms. The smallest absolute Gasteiger partial charge is 0.408 e. The van der Waals surface area contributed by atoms with E-state index in [1.165, 1.54) is 21.6 Å². The van der Waals surface area contributed by atoms with Crippen LogP contribution in [0.3, 0.4) is 0 Å². The van der Waals surface area contributed by atoms with Gasteiger partial charge in [0.2, 0.25) is 5.91 Å². The van der Waals surface area contributed by atoms with E-state index in [0.29, 0.717) is 24.5 Å². The van der Waals surface area contributed by atoms with Crippen LogP contribution < -0.4 is 10.6 Å². The van der Waals surface area contributed by atoms with Gasteiger partial charge in [-0.25, -0.2) is 4.79 Å². The molecule has 0 bridgehead atoms. The van der Waals surface area contributed by atoms with Crippen LogP contribution in [0.5, 0.6) is 0 Å². The zero-order valence-electron chi connectivity index (χ0n) is 15.9. The number of carboxylic acid groups (broad SMARTS) is 1. The van der Waals surface area contributed by atoms with Crippen LogP contribution in [-0.4, -0.2) is 52.3 Å². The third-order valence-electron chi connectivity index (χ3n) is 4.13. The summed E-state index contributed by atoms with van der Waals surface area (Å²) < 4.78 is 5.33. The molecule has 1 saturated carbocycles. The molecule has 2 unspecified atom stereocenters. The second kappa shape index (κ2) is 10.3. The van der Waals surface area contributed by atoms with E-state index in [0.717, 1.165) is 12.8 Å². The molecule has 2 amide bonds. The fourth-order valence-corrected chi connectivity index (χ4v) is 4.74. The van der Waals surface area contributed by atoms with Crippen LogP contribution in [0.15, 0.2) is 0 Å². The van der Waals surface area contributed by atoms with Gasteiger partial charge < -0.3 is 20.5 Å². The van der Waals surface area contributed by atoms with Crippen molar-refractivity contribution >= 4 is 39.6 Å². The van der Waals surface area contributed by atoms with Crippen molar-refractivity contribution in [3.05, 3.63) is 0 Å². The van der Waals surface area contributed by atoms with E-state index in [4.69, 9.17) is 9.84 Å². The molecule has 0 heterocycles. The van der Waals surface area contributed by atoms with Gasteiger partial charge in [0, 0.05) is 18.1 Å². The number of amides is 2. The molecule has 2 atom stereocenters. The average Bonchev–Trinajstić information content (AvgIpc) is 2.85. The minimum atomic E-state index is -0.927. The molecule has 7 nitrogen and oxygen atoms in total. The van der Waals surface area contributed by atoms with Crippen LogP contribution >= 0.6 is 21.6 Å². The number of ether oxygens (including phenoxy) is 1. The lowest BCUT2D eigenvalue weighted by Crippen LogP contribution is -2.61. The molecule has 1 rings (SSSR count). The summed E-state index contributed by atoms with van der Waals surface area (Å²) in [5.74, 6) is 0.260. The largest absolute Gasteiger partial charge is 0.481 e. The molecule has 26 heavy (non-hydrogen) atoms.